The van der Waals surface area contributed by atoms with Crippen molar-refractivity contribution in [2.24, 2.45) is 0 Å². The summed E-state index contributed by atoms with van der Waals surface area (Å²) >= 11 is 1.47. The summed E-state index contributed by atoms with van der Waals surface area (Å²) < 4.78 is 5.25. The zero-order valence-electron chi connectivity index (χ0n) is 11.4. The highest BCUT2D eigenvalue weighted by molar-refractivity contribution is 7.12. The normalized spacial score (nSPS) is 9.90. The zero-order valence-corrected chi connectivity index (χ0v) is 12.2. The Hall–Kier alpha value is -2.52. The minimum atomic E-state index is -0.829. The Morgan fingerprint density at radius 2 is 2.14 bits per heavy atom. The topological polar surface area (TPSA) is 82.3 Å². The summed E-state index contributed by atoms with van der Waals surface area (Å²) in [7, 11) is 1.55. The molecular weight excluding hydrogens is 288 g/mol. The Balaban J connectivity index is 2.04. The molecule has 0 aliphatic rings. The molecule has 0 saturated heterocycles. The lowest BCUT2D eigenvalue weighted by Gasteiger charge is -2.10. The van der Waals surface area contributed by atoms with E-state index in [2.05, 4.69) is 11.4 Å². The highest BCUT2D eigenvalue weighted by Gasteiger charge is 2.07. The fraction of sp³-hybridized carbons (Fsp3) is 0.200. The van der Waals surface area contributed by atoms with Gasteiger partial charge in [-0.1, -0.05) is 0 Å². The molecule has 5 nitrogen and oxygen atoms in total. The van der Waals surface area contributed by atoms with Crippen LogP contribution in [0.4, 0.5) is 5.69 Å². The number of benzene rings is 1. The van der Waals surface area contributed by atoms with Crippen molar-refractivity contribution < 1.29 is 14.6 Å². The molecule has 1 heterocycles. The Kier molecular flexibility index (Phi) is 4.80. The number of hydrogen-bond acceptors (Lipinski definition) is 5. The first-order valence-corrected chi connectivity index (χ1v) is 7.05. The molecule has 0 aliphatic heterocycles. The molecule has 6 heteroatoms. The summed E-state index contributed by atoms with van der Waals surface area (Å²) in [6.45, 7) is 0.576. The van der Waals surface area contributed by atoms with Crippen LogP contribution in [0.2, 0.25) is 0 Å². The van der Waals surface area contributed by atoms with Gasteiger partial charge >= 0.3 is 5.97 Å². The van der Waals surface area contributed by atoms with E-state index < -0.39 is 5.97 Å². The number of nitrogens with zero attached hydrogens (tertiary/aromatic N) is 1. The number of aliphatic carboxylic acids is 1. The van der Waals surface area contributed by atoms with Crippen molar-refractivity contribution in [1.82, 2.24) is 0 Å². The van der Waals surface area contributed by atoms with Crippen molar-refractivity contribution in [2.45, 2.75) is 13.0 Å². The molecule has 1 aromatic carbocycles. The quantitative estimate of drug-likeness (QED) is 0.857. The first-order chi connectivity index (χ1) is 10.1. The minimum Gasteiger partial charge on any atom is -0.495 e. The Labute approximate surface area is 126 Å². The van der Waals surface area contributed by atoms with E-state index in [9.17, 15) is 4.79 Å². The molecule has 2 N–H and O–H groups in total. The van der Waals surface area contributed by atoms with Crippen molar-refractivity contribution in [2.75, 3.05) is 12.4 Å². The van der Waals surface area contributed by atoms with E-state index in [-0.39, 0.29) is 6.42 Å². The second-order valence-electron chi connectivity index (χ2n) is 4.32. The third kappa shape index (κ3) is 3.97. The molecule has 0 radical (unpaired) electrons. The molecule has 21 heavy (non-hydrogen) atoms. The summed E-state index contributed by atoms with van der Waals surface area (Å²) in [5.41, 5.74) is 1.34. The molecule has 2 aromatic rings. The first-order valence-electron chi connectivity index (χ1n) is 6.23. The van der Waals surface area contributed by atoms with Gasteiger partial charge in [-0.2, -0.15) is 5.26 Å². The van der Waals surface area contributed by atoms with E-state index in [1.807, 2.05) is 12.1 Å². The fourth-order valence-electron chi connectivity index (χ4n) is 1.85. The summed E-state index contributed by atoms with van der Waals surface area (Å²) in [4.78, 5) is 12.5. The van der Waals surface area contributed by atoms with Crippen LogP contribution in [0.15, 0.2) is 30.3 Å². The minimum absolute atomic E-state index is 0.0465. The molecule has 0 amide bonds. The average molecular weight is 302 g/mol. The lowest BCUT2D eigenvalue weighted by atomic mass is 10.2. The van der Waals surface area contributed by atoms with E-state index in [0.717, 1.165) is 15.4 Å². The van der Waals surface area contributed by atoms with Gasteiger partial charge in [0, 0.05) is 22.4 Å². The van der Waals surface area contributed by atoms with Gasteiger partial charge < -0.3 is 15.2 Å². The second-order valence-corrected chi connectivity index (χ2v) is 5.57. The molecule has 0 aliphatic carbocycles. The number of carboxylic acid groups (broad SMARTS) is 1. The summed E-state index contributed by atoms with van der Waals surface area (Å²) in [6, 6.07) is 11.0. The number of carbonyl (C=O) groups is 1. The van der Waals surface area contributed by atoms with Crippen LogP contribution in [-0.2, 0) is 17.8 Å². The van der Waals surface area contributed by atoms with Gasteiger partial charge in [0.25, 0.3) is 0 Å². The Morgan fingerprint density at radius 1 is 1.38 bits per heavy atom. The van der Waals surface area contributed by atoms with Crippen molar-refractivity contribution in [3.05, 3.63) is 45.6 Å². The van der Waals surface area contributed by atoms with Crippen molar-refractivity contribution in [3.63, 3.8) is 0 Å². The Morgan fingerprint density at radius 3 is 2.81 bits per heavy atom. The number of ether oxygens (including phenoxy) is 1. The molecule has 1 aromatic heterocycles. The van der Waals surface area contributed by atoms with Crippen LogP contribution in [-0.4, -0.2) is 18.2 Å². The predicted molar refractivity (Wildman–Crippen MR) is 80.7 cm³/mol. The van der Waals surface area contributed by atoms with E-state index in [1.54, 1.807) is 25.3 Å². The van der Waals surface area contributed by atoms with Crippen LogP contribution >= 0.6 is 11.3 Å². The molecule has 0 saturated carbocycles. The molecule has 108 valence electrons. The maximum atomic E-state index is 10.6. The van der Waals surface area contributed by atoms with E-state index >= 15 is 0 Å². The molecule has 0 atom stereocenters. The lowest BCUT2D eigenvalue weighted by Crippen LogP contribution is -2.00. The molecule has 0 bridgehead atoms. The van der Waals surface area contributed by atoms with Gasteiger partial charge in [-0.15, -0.1) is 11.3 Å². The third-order valence-corrected chi connectivity index (χ3v) is 3.91. The monoisotopic (exact) mass is 302 g/mol. The zero-order chi connectivity index (χ0) is 15.2. The standard InChI is InChI=1S/C15H14N2O3S/c1-20-14-6-10(8-16)2-5-13(14)17-9-12-4-3-11(21-12)7-15(18)19/h2-6,17H,7,9H2,1H3,(H,18,19). The smallest absolute Gasteiger partial charge is 0.308 e. The summed E-state index contributed by atoms with van der Waals surface area (Å²) in [5.74, 6) is -0.221. The molecule has 0 spiro atoms. The van der Waals surface area contributed by atoms with Crippen molar-refractivity contribution in [1.29, 1.82) is 5.26 Å². The van der Waals surface area contributed by atoms with Crippen LogP contribution in [0.1, 0.15) is 15.3 Å². The molecule has 0 fully saturated rings. The van der Waals surface area contributed by atoms with Gasteiger partial charge in [-0.3, -0.25) is 4.79 Å². The van der Waals surface area contributed by atoms with Gasteiger partial charge in [0.05, 0.1) is 30.9 Å². The number of anilines is 1. The number of nitriles is 1. The maximum Gasteiger partial charge on any atom is 0.308 e. The lowest BCUT2D eigenvalue weighted by molar-refractivity contribution is -0.136. The average Bonchev–Trinajstić information content (AvgIpc) is 2.91. The number of nitrogens with one attached hydrogen (secondary N) is 1. The van der Waals surface area contributed by atoms with E-state index in [0.29, 0.717) is 17.9 Å². The van der Waals surface area contributed by atoms with Gasteiger partial charge in [-0.05, 0) is 24.3 Å². The SMILES string of the molecule is COc1cc(C#N)ccc1NCc1ccc(CC(=O)O)s1. The summed E-state index contributed by atoms with van der Waals surface area (Å²) in [6.07, 6.45) is 0.0465. The number of rotatable bonds is 6. The maximum absolute atomic E-state index is 10.6. The fourth-order valence-corrected chi connectivity index (χ4v) is 2.80. The van der Waals surface area contributed by atoms with Gasteiger partial charge in [0.2, 0.25) is 0 Å². The third-order valence-electron chi connectivity index (χ3n) is 2.83. The molecule has 0 unspecified atom stereocenters. The Bertz CT molecular complexity index is 688. The van der Waals surface area contributed by atoms with E-state index in [1.165, 1.54) is 11.3 Å². The van der Waals surface area contributed by atoms with Crippen LogP contribution in [0.3, 0.4) is 0 Å². The first kappa shape index (κ1) is 14.9. The molecular formula is C15H14N2O3S. The predicted octanol–water partition coefficient (Wildman–Crippen LogP) is 2.87. The summed E-state index contributed by atoms with van der Waals surface area (Å²) in [5, 5.41) is 20.8. The van der Waals surface area contributed by atoms with Gasteiger partial charge in [0.15, 0.2) is 0 Å². The number of carboxylic acids is 1. The second kappa shape index (κ2) is 6.77. The number of thiophene rings is 1. The van der Waals surface area contributed by atoms with Crippen LogP contribution in [0.25, 0.3) is 0 Å². The highest BCUT2D eigenvalue weighted by Crippen LogP contribution is 2.27. The van der Waals surface area contributed by atoms with Crippen molar-refractivity contribution in [3.8, 4) is 11.8 Å². The van der Waals surface area contributed by atoms with Gasteiger partial charge in [-0.25, -0.2) is 0 Å². The van der Waals surface area contributed by atoms with Crippen LogP contribution in [0.5, 0.6) is 5.75 Å². The van der Waals surface area contributed by atoms with Gasteiger partial charge in [0.1, 0.15) is 5.75 Å². The number of methoxy groups -OCH3 is 1. The largest absolute Gasteiger partial charge is 0.495 e. The highest BCUT2D eigenvalue weighted by atomic mass is 32.1. The number of hydrogen-bond donors (Lipinski definition) is 2. The van der Waals surface area contributed by atoms with Crippen LogP contribution in [0, 0.1) is 11.3 Å². The van der Waals surface area contributed by atoms with Crippen molar-refractivity contribution >= 4 is 23.0 Å². The molecule has 2 rings (SSSR count). The van der Waals surface area contributed by atoms with E-state index in [4.69, 9.17) is 15.1 Å². The van der Waals surface area contributed by atoms with Crippen LogP contribution < -0.4 is 10.1 Å².